The second kappa shape index (κ2) is 6.96. The Kier molecular flexibility index (Phi) is 5.87. The monoisotopic (exact) mass is 287 g/mol. The van der Waals surface area contributed by atoms with Crippen LogP contribution in [-0.4, -0.2) is 33.3 Å². The van der Waals surface area contributed by atoms with Gasteiger partial charge in [-0.05, 0) is 26.8 Å². The first-order valence-electron chi connectivity index (χ1n) is 6.22. The number of anilines is 1. The second-order valence-electron chi connectivity index (χ2n) is 5.44. The third kappa shape index (κ3) is 6.11. The summed E-state index contributed by atoms with van der Waals surface area (Å²) in [5, 5.41) is 6.11. The number of hydrogen-bond acceptors (Lipinski definition) is 4. The number of pyridine rings is 1. The number of aromatic nitrogens is 1. The molecule has 0 aliphatic carbocycles. The van der Waals surface area contributed by atoms with Crippen molar-refractivity contribution in [3.05, 3.63) is 23.6 Å². The van der Waals surface area contributed by atoms with Gasteiger partial charge in [0.1, 0.15) is 0 Å². The molecule has 1 heterocycles. The molecule has 4 nitrogen and oxygen atoms in total. The summed E-state index contributed by atoms with van der Waals surface area (Å²) < 4.78 is 25.1. The Bertz CT molecular complexity index is 446. The largest absolute Gasteiger partial charge is 0.367 e. The quantitative estimate of drug-likeness (QED) is 0.839. The van der Waals surface area contributed by atoms with Crippen molar-refractivity contribution in [2.75, 3.05) is 23.9 Å². The van der Waals surface area contributed by atoms with Crippen molar-refractivity contribution in [3.8, 4) is 0 Å². The maximum atomic E-state index is 14.1. The first-order valence-corrected chi connectivity index (χ1v) is 7.94. The topological polar surface area (TPSA) is 54.0 Å². The molecule has 1 aromatic rings. The molecule has 0 spiro atoms. The van der Waals surface area contributed by atoms with Gasteiger partial charge in [0.2, 0.25) is 0 Å². The Morgan fingerprint density at radius 1 is 1.42 bits per heavy atom. The average molecular weight is 287 g/mol. The molecule has 0 aromatic carbocycles. The Labute approximate surface area is 116 Å². The summed E-state index contributed by atoms with van der Waals surface area (Å²) >= 11 is 0. The molecule has 0 saturated carbocycles. The molecule has 19 heavy (non-hydrogen) atoms. The molecule has 0 fully saturated rings. The van der Waals surface area contributed by atoms with E-state index in [9.17, 15) is 8.60 Å². The van der Waals surface area contributed by atoms with Gasteiger partial charge in [-0.25, -0.2) is 9.37 Å². The van der Waals surface area contributed by atoms with E-state index in [1.807, 2.05) is 20.8 Å². The molecule has 6 heteroatoms. The Morgan fingerprint density at radius 3 is 2.68 bits per heavy atom. The third-order valence-corrected chi connectivity index (χ3v) is 3.24. The van der Waals surface area contributed by atoms with E-state index in [0.29, 0.717) is 24.4 Å². The van der Waals surface area contributed by atoms with Gasteiger partial charge in [0.05, 0.1) is 0 Å². The van der Waals surface area contributed by atoms with Crippen molar-refractivity contribution in [1.82, 2.24) is 10.3 Å². The fraction of sp³-hybridized carbons (Fsp3) is 0.615. The van der Waals surface area contributed by atoms with E-state index < -0.39 is 10.8 Å². The zero-order valence-electron chi connectivity index (χ0n) is 11.9. The summed E-state index contributed by atoms with van der Waals surface area (Å²) in [7, 11) is -0.891. The van der Waals surface area contributed by atoms with Crippen LogP contribution in [0.3, 0.4) is 0 Å². The van der Waals surface area contributed by atoms with E-state index in [0.717, 1.165) is 0 Å². The number of nitrogens with one attached hydrogen (secondary N) is 2. The van der Waals surface area contributed by atoms with Crippen LogP contribution < -0.4 is 10.6 Å². The van der Waals surface area contributed by atoms with Gasteiger partial charge in [0, 0.05) is 53.2 Å². The lowest BCUT2D eigenvalue weighted by atomic mass is 10.1. The molecule has 0 aliphatic rings. The molecule has 1 unspecified atom stereocenters. The van der Waals surface area contributed by atoms with Crippen LogP contribution in [-0.2, 0) is 17.3 Å². The van der Waals surface area contributed by atoms with Crippen molar-refractivity contribution in [3.63, 3.8) is 0 Å². The van der Waals surface area contributed by atoms with Gasteiger partial charge in [-0.2, -0.15) is 0 Å². The second-order valence-corrected chi connectivity index (χ2v) is 6.99. The normalized spacial score (nSPS) is 13.3. The van der Waals surface area contributed by atoms with Gasteiger partial charge < -0.3 is 10.6 Å². The number of hydrogen-bond donors (Lipinski definition) is 2. The third-order valence-electron chi connectivity index (χ3n) is 2.46. The minimum absolute atomic E-state index is 0.0671. The van der Waals surface area contributed by atoms with Crippen LogP contribution in [0, 0.1) is 5.82 Å². The lowest BCUT2D eigenvalue weighted by Gasteiger charge is -2.21. The van der Waals surface area contributed by atoms with Gasteiger partial charge in [-0.3, -0.25) is 4.21 Å². The smallest absolute Gasteiger partial charge is 0.169 e. The zero-order chi connectivity index (χ0) is 14.5. The lowest BCUT2D eigenvalue weighted by molar-refractivity contribution is 0.418. The molecule has 0 bridgehead atoms. The average Bonchev–Trinajstić information content (AvgIpc) is 2.28. The predicted molar refractivity (Wildman–Crippen MR) is 78.2 cm³/mol. The zero-order valence-corrected chi connectivity index (χ0v) is 12.7. The lowest BCUT2D eigenvalue weighted by Crippen LogP contribution is -2.35. The van der Waals surface area contributed by atoms with Gasteiger partial charge in [-0.1, -0.05) is 0 Å². The van der Waals surface area contributed by atoms with Crippen molar-refractivity contribution in [2.24, 2.45) is 0 Å². The molecular weight excluding hydrogens is 265 g/mol. The van der Waals surface area contributed by atoms with Gasteiger partial charge in [-0.15, -0.1) is 0 Å². The molecule has 2 N–H and O–H groups in total. The van der Waals surface area contributed by atoms with Crippen LogP contribution in [0.2, 0.25) is 0 Å². The van der Waals surface area contributed by atoms with E-state index in [-0.39, 0.29) is 17.2 Å². The Morgan fingerprint density at radius 2 is 2.11 bits per heavy atom. The maximum absolute atomic E-state index is 14.1. The van der Waals surface area contributed by atoms with Gasteiger partial charge >= 0.3 is 0 Å². The number of nitrogens with zero attached hydrogens (tertiary/aromatic N) is 1. The van der Waals surface area contributed by atoms with Crippen LogP contribution in [0.25, 0.3) is 0 Å². The molecule has 1 atom stereocenters. The molecule has 1 aromatic heterocycles. The first kappa shape index (κ1) is 16.0. The maximum Gasteiger partial charge on any atom is 0.169 e. The number of halogens is 1. The highest BCUT2D eigenvalue weighted by Crippen LogP contribution is 2.15. The summed E-state index contributed by atoms with van der Waals surface area (Å²) in [6.07, 6.45) is 3.20. The van der Waals surface area contributed by atoms with Crippen molar-refractivity contribution >= 4 is 16.6 Å². The molecule has 0 aliphatic heterocycles. The minimum atomic E-state index is -0.891. The summed E-state index contributed by atoms with van der Waals surface area (Å²) in [5.41, 5.74) is 0.507. The highest BCUT2D eigenvalue weighted by Gasteiger charge is 2.13. The molecule has 1 rings (SSSR count). The van der Waals surface area contributed by atoms with Crippen molar-refractivity contribution in [2.45, 2.75) is 32.9 Å². The molecular formula is C13H22FN3OS. The predicted octanol–water partition coefficient (Wildman–Crippen LogP) is 1.90. The van der Waals surface area contributed by atoms with E-state index in [2.05, 4.69) is 15.6 Å². The van der Waals surface area contributed by atoms with Crippen LogP contribution in [0.4, 0.5) is 10.2 Å². The van der Waals surface area contributed by atoms with E-state index in [4.69, 9.17) is 0 Å². The summed E-state index contributed by atoms with van der Waals surface area (Å²) in [4.78, 5) is 3.97. The first-order chi connectivity index (χ1) is 8.79. The fourth-order valence-electron chi connectivity index (χ4n) is 1.42. The van der Waals surface area contributed by atoms with E-state index in [1.54, 1.807) is 18.5 Å². The molecule has 108 valence electrons. The Balaban J connectivity index is 2.66. The van der Waals surface area contributed by atoms with E-state index >= 15 is 0 Å². The van der Waals surface area contributed by atoms with Crippen molar-refractivity contribution < 1.29 is 8.60 Å². The van der Waals surface area contributed by atoms with Crippen LogP contribution in [0.15, 0.2) is 12.3 Å². The van der Waals surface area contributed by atoms with Crippen molar-refractivity contribution in [1.29, 1.82) is 0 Å². The standard InChI is InChI=1S/C13H22FN3OS/c1-13(2,3)17-9-10-5-6-15-12(11(10)14)16-7-8-19(4)18/h5-6,17H,7-9H2,1-4H3,(H,15,16). The van der Waals surface area contributed by atoms with E-state index in [1.165, 1.54) is 0 Å². The minimum Gasteiger partial charge on any atom is -0.367 e. The molecule has 0 saturated heterocycles. The highest BCUT2D eigenvalue weighted by molar-refractivity contribution is 7.84. The summed E-state index contributed by atoms with van der Waals surface area (Å²) in [5.74, 6) is 0.353. The SMILES string of the molecule is CS(=O)CCNc1nccc(CNC(C)(C)C)c1F. The number of rotatable bonds is 6. The van der Waals surface area contributed by atoms with Gasteiger partial charge in [0.15, 0.2) is 11.6 Å². The molecule has 0 amide bonds. The van der Waals surface area contributed by atoms with Gasteiger partial charge in [0.25, 0.3) is 0 Å². The summed E-state index contributed by atoms with van der Waals surface area (Å²) in [6, 6.07) is 1.66. The fourth-order valence-corrected chi connectivity index (χ4v) is 1.81. The Hall–Kier alpha value is -1.01. The summed E-state index contributed by atoms with van der Waals surface area (Å²) in [6.45, 7) is 6.99. The van der Waals surface area contributed by atoms with Crippen LogP contribution in [0.5, 0.6) is 0 Å². The highest BCUT2D eigenvalue weighted by atomic mass is 32.2. The van der Waals surface area contributed by atoms with Crippen LogP contribution in [0.1, 0.15) is 26.3 Å². The molecule has 0 radical (unpaired) electrons. The van der Waals surface area contributed by atoms with Crippen LogP contribution >= 0.6 is 0 Å².